The summed E-state index contributed by atoms with van der Waals surface area (Å²) in [4.78, 5) is 8.82. The minimum Gasteiger partial charge on any atom is -0.741 e. The van der Waals surface area contributed by atoms with Gasteiger partial charge in [-0.1, -0.05) is 47.5 Å². The quantitative estimate of drug-likeness (QED) is 0.0989. The molecular weight excluding hydrogens is 545 g/mol. The van der Waals surface area contributed by atoms with Crippen molar-refractivity contribution in [2.24, 2.45) is 5.92 Å². The normalized spacial score (nSPS) is 18.6. The van der Waals surface area contributed by atoms with Gasteiger partial charge in [-0.15, -0.1) is 0 Å². The van der Waals surface area contributed by atoms with Gasteiger partial charge >= 0.3 is 11.5 Å². The van der Waals surface area contributed by atoms with Gasteiger partial charge < -0.3 is 18.5 Å². The Hall–Kier alpha value is -1.61. The van der Waals surface area contributed by atoms with Crippen molar-refractivity contribution in [2.45, 2.75) is 103 Å². The second kappa shape index (κ2) is 14.1. The molecule has 0 radical (unpaired) electrons. The van der Waals surface area contributed by atoms with Crippen LogP contribution in [0.3, 0.4) is 0 Å². The molecule has 14 heteroatoms. The third-order valence-corrected chi connectivity index (χ3v) is 12.2. The van der Waals surface area contributed by atoms with Crippen LogP contribution < -0.4 is 9.47 Å². The molecule has 1 aliphatic heterocycles. The summed E-state index contributed by atoms with van der Waals surface area (Å²) in [7, 11) is -8.01. The Kier molecular flexibility index (Phi) is 12.8. The number of rotatable bonds is 12. The predicted octanol–water partition coefficient (Wildman–Crippen LogP) is 5.76. The van der Waals surface area contributed by atoms with Crippen molar-refractivity contribution < 1.29 is 44.8 Å². The third kappa shape index (κ3) is 10.2. The van der Waals surface area contributed by atoms with Gasteiger partial charge in [0.25, 0.3) is 0 Å². The molecule has 0 N–H and O–H groups in total. The van der Waals surface area contributed by atoms with Gasteiger partial charge in [0.15, 0.2) is 37.1 Å². The van der Waals surface area contributed by atoms with Crippen LogP contribution in [0.4, 0.5) is 13.2 Å². The average Bonchev–Trinajstić information content (AvgIpc) is 3.23. The molecule has 1 aromatic heterocycles. The minimum absolute atomic E-state index is 0.154. The zero-order valence-corrected chi connectivity index (χ0v) is 25.2. The second-order valence-electron chi connectivity index (χ2n) is 10.5. The Morgan fingerprint density at radius 2 is 1.87 bits per heavy atom. The van der Waals surface area contributed by atoms with Gasteiger partial charge in [-0.2, -0.15) is 22.9 Å². The number of nitrogens with zero attached hydrogens (tertiary/aromatic N) is 2. The summed E-state index contributed by atoms with van der Waals surface area (Å²) in [6.07, 6.45) is 5.46. The lowest BCUT2D eigenvalue weighted by Gasteiger charge is -2.42. The Labute approximate surface area is 225 Å². The molecule has 0 bridgehead atoms. The molecule has 1 aromatic rings. The van der Waals surface area contributed by atoms with Crippen LogP contribution in [0.2, 0.25) is 18.1 Å². The van der Waals surface area contributed by atoms with Crippen molar-refractivity contribution in [1.82, 2.24) is 9.97 Å². The zero-order valence-electron chi connectivity index (χ0n) is 23.4. The number of ether oxygens (including phenoxy) is 3. The molecule has 0 aliphatic carbocycles. The molecule has 0 saturated carbocycles. The first kappa shape index (κ1) is 34.4. The average molecular weight is 587 g/mol. The van der Waals surface area contributed by atoms with Crippen molar-refractivity contribution in [1.29, 1.82) is 0 Å². The fraction of sp³-hybridized carbons (Fsp3) is 0.792. The maximum atomic E-state index is 10.7. The first-order chi connectivity index (χ1) is 17.3. The predicted molar refractivity (Wildman–Crippen MR) is 138 cm³/mol. The lowest BCUT2D eigenvalue weighted by atomic mass is 9.99. The molecule has 1 fully saturated rings. The Bertz CT molecular complexity index is 976. The molecule has 220 valence electrons. The molecule has 1 aliphatic rings. The number of hydrogen-bond acceptors (Lipinski definition) is 9. The molecule has 9 nitrogen and oxygen atoms in total. The van der Waals surface area contributed by atoms with Gasteiger partial charge in [-0.25, -0.2) is 13.4 Å². The smallest absolute Gasteiger partial charge is 0.485 e. The van der Waals surface area contributed by atoms with Crippen LogP contribution in [0, 0.1) is 19.4 Å². The maximum absolute atomic E-state index is 10.7. The van der Waals surface area contributed by atoms with E-state index in [9.17, 15) is 13.2 Å². The maximum Gasteiger partial charge on any atom is 0.485 e. The molecule has 0 spiro atoms. The molecule has 2 atom stereocenters. The highest BCUT2D eigenvalue weighted by atomic mass is 32.2. The van der Waals surface area contributed by atoms with Crippen LogP contribution in [-0.2, 0) is 19.3 Å². The van der Waals surface area contributed by atoms with Crippen molar-refractivity contribution in [3.05, 3.63) is 18.4 Å². The Morgan fingerprint density at radius 1 is 1.26 bits per heavy atom. The van der Waals surface area contributed by atoms with Crippen molar-refractivity contribution in [3.63, 3.8) is 0 Å². The minimum atomic E-state index is -6.09. The Balaban J connectivity index is 0.000000781. The van der Waals surface area contributed by atoms with Crippen molar-refractivity contribution in [2.75, 3.05) is 13.2 Å². The summed E-state index contributed by atoms with van der Waals surface area (Å²) in [5.41, 5.74) is -4.73. The number of hydrogen-bond donors (Lipinski definition) is 0. The second-order valence-corrected chi connectivity index (χ2v) is 16.5. The summed E-state index contributed by atoms with van der Waals surface area (Å²) in [5, 5.41) is 0.162. The summed E-state index contributed by atoms with van der Waals surface area (Å²) in [6, 6.07) is 0.332. The van der Waals surface area contributed by atoms with Crippen LogP contribution in [-0.4, -0.2) is 62.2 Å². The lowest BCUT2D eigenvalue weighted by molar-refractivity contribution is -0.0517. The van der Waals surface area contributed by atoms with Crippen molar-refractivity contribution >= 4 is 18.4 Å². The number of aryl methyl sites for hydroxylation is 1. The molecule has 0 amide bonds. The molecule has 2 rings (SSSR count). The molecule has 0 aromatic carbocycles. The monoisotopic (exact) mass is 586 g/mol. The fourth-order valence-corrected chi connectivity index (χ4v) is 5.57. The highest BCUT2D eigenvalue weighted by Gasteiger charge is 2.46. The zero-order chi connectivity index (χ0) is 29.4. The first-order valence-corrected chi connectivity index (χ1v) is 16.9. The van der Waals surface area contributed by atoms with Crippen LogP contribution in [0.1, 0.15) is 65.9 Å². The van der Waals surface area contributed by atoms with E-state index in [2.05, 4.69) is 57.7 Å². The number of aromatic nitrogens is 2. The molecule has 0 unspecified atom stereocenters. The van der Waals surface area contributed by atoms with Crippen LogP contribution in [0.25, 0.3) is 0 Å². The number of alkyl halides is 3. The van der Waals surface area contributed by atoms with E-state index in [1.54, 1.807) is 12.8 Å². The summed E-state index contributed by atoms with van der Waals surface area (Å²) in [5.74, 6) is 1.15. The van der Waals surface area contributed by atoms with Gasteiger partial charge in [-0.05, 0) is 37.4 Å². The molecule has 1 saturated heterocycles. The van der Waals surface area contributed by atoms with E-state index in [-0.39, 0.29) is 17.2 Å². The Morgan fingerprint density at radius 3 is 2.39 bits per heavy atom. The van der Waals surface area contributed by atoms with Gasteiger partial charge in [0.05, 0.1) is 13.2 Å². The van der Waals surface area contributed by atoms with Gasteiger partial charge in [0, 0.05) is 11.8 Å². The summed E-state index contributed by atoms with van der Waals surface area (Å²) in [6.45, 7) is 20.8. The number of unbranched alkanes of at least 4 members (excludes halogenated alkanes) is 2. The highest BCUT2D eigenvalue weighted by Crippen LogP contribution is 2.44. The standard InChI is InChI=1S/C23H41N2O4Si.CHF3O3S/c1-9-10-11-13-27-21-18(4)15-24-22(25-21)29-19-12-14-26-20(19)16-28-30(7,8)23(5,6)17(2)3;2-1(3,4)8(5,6)7/h14-15,17,19-20H,9-13,16H2,1-8H3;(H,5,6,7)/q+1;/p-1/t19-,20-;/m1./s1. The van der Waals surface area contributed by atoms with Crippen LogP contribution in [0.5, 0.6) is 11.9 Å². The van der Waals surface area contributed by atoms with E-state index < -0.39 is 23.9 Å². The SMILES string of the molecule is CCCCCOc1nc(O[C@@H]2C[CH+]O[C@@H]2CO[Si](C)(C)C(C)(C)C(C)C)ncc1C.O=S(=O)([O-])C(F)(F)F. The number of halogens is 3. The first-order valence-electron chi connectivity index (χ1n) is 12.6. The molecule has 38 heavy (non-hydrogen) atoms. The topological polar surface area (TPSA) is 120 Å². The van der Waals surface area contributed by atoms with Crippen LogP contribution >= 0.6 is 0 Å². The van der Waals surface area contributed by atoms with E-state index in [1.165, 1.54) is 0 Å². The van der Waals surface area contributed by atoms with E-state index in [0.29, 0.717) is 37.4 Å². The van der Waals surface area contributed by atoms with Gasteiger partial charge in [0.1, 0.15) is 0 Å². The van der Waals surface area contributed by atoms with E-state index >= 15 is 0 Å². The largest absolute Gasteiger partial charge is 0.741 e. The lowest BCUT2D eigenvalue weighted by Crippen LogP contribution is -2.47. The van der Waals surface area contributed by atoms with E-state index in [4.69, 9.17) is 31.6 Å². The van der Waals surface area contributed by atoms with Gasteiger partial charge in [-0.3, -0.25) is 0 Å². The highest BCUT2D eigenvalue weighted by molar-refractivity contribution is 7.86. The molecular formula is C24H41F3N2O7SSi. The molecule has 2 heterocycles. The van der Waals surface area contributed by atoms with Crippen molar-refractivity contribution in [3.8, 4) is 11.9 Å². The van der Waals surface area contributed by atoms with Crippen LogP contribution in [0.15, 0.2) is 6.20 Å². The van der Waals surface area contributed by atoms with E-state index in [0.717, 1.165) is 24.8 Å². The summed E-state index contributed by atoms with van der Waals surface area (Å²) < 4.78 is 83.1. The third-order valence-electron chi connectivity index (χ3n) is 7.05. The van der Waals surface area contributed by atoms with E-state index in [1.807, 2.05) is 6.92 Å². The van der Waals surface area contributed by atoms with Gasteiger partial charge in [0.2, 0.25) is 12.5 Å². The fourth-order valence-electron chi connectivity index (χ4n) is 3.23. The summed E-state index contributed by atoms with van der Waals surface area (Å²) >= 11 is 0.